The van der Waals surface area contributed by atoms with E-state index in [1.165, 1.54) is 24.3 Å². The highest BCUT2D eigenvalue weighted by Crippen LogP contribution is 2.19. The van der Waals surface area contributed by atoms with Gasteiger partial charge in [0.2, 0.25) is 0 Å². The molecule has 3 heteroatoms. The lowest BCUT2D eigenvalue weighted by Gasteiger charge is -2.30. The van der Waals surface area contributed by atoms with Crippen LogP contribution >= 0.6 is 11.8 Å². The number of hydrogen-bond acceptors (Lipinski definition) is 3. The summed E-state index contributed by atoms with van der Waals surface area (Å²) in [4.78, 5) is 0. The zero-order valence-electron chi connectivity index (χ0n) is 11.4. The quantitative estimate of drug-likeness (QED) is 0.582. The molecule has 0 radical (unpaired) electrons. The van der Waals surface area contributed by atoms with E-state index in [-0.39, 0.29) is 12.1 Å². The Hall–Kier alpha value is 0.270. The van der Waals surface area contributed by atoms with E-state index in [0.717, 1.165) is 18.8 Å². The van der Waals surface area contributed by atoms with Gasteiger partial charge in [-0.2, -0.15) is 11.8 Å². The van der Waals surface area contributed by atoms with Crippen LogP contribution in [0.2, 0.25) is 0 Å². The summed E-state index contributed by atoms with van der Waals surface area (Å²) < 4.78 is 0. The van der Waals surface area contributed by atoms with Crippen LogP contribution in [0, 0.1) is 5.92 Å². The zero-order chi connectivity index (χ0) is 12.4. The molecular weight excluding hydrogens is 218 g/mol. The third-order valence-corrected chi connectivity index (χ3v) is 4.40. The van der Waals surface area contributed by atoms with E-state index < -0.39 is 0 Å². The van der Waals surface area contributed by atoms with Crippen LogP contribution in [-0.4, -0.2) is 35.8 Å². The molecule has 0 spiro atoms. The maximum absolute atomic E-state index is 9.38. The SMILES string of the molecule is CCC(CO)(CCCSCCC(C)C)NC. The van der Waals surface area contributed by atoms with Crippen LogP contribution < -0.4 is 5.32 Å². The average Bonchev–Trinajstić information content (AvgIpc) is 2.29. The summed E-state index contributed by atoms with van der Waals surface area (Å²) in [5.74, 6) is 3.31. The number of nitrogens with one attached hydrogen (secondary N) is 1. The van der Waals surface area contributed by atoms with Crippen LogP contribution in [0.5, 0.6) is 0 Å². The number of aliphatic hydroxyl groups is 1. The highest BCUT2D eigenvalue weighted by atomic mass is 32.2. The lowest BCUT2D eigenvalue weighted by molar-refractivity contribution is 0.154. The van der Waals surface area contributed by atoms with Gasteiger partial charge in [-0.3, -0.25) is 0 Å². The molecule has 0 aliphatic carbocycles. The summed E-state index contributed by atoms with van der Waals surface area (Å²) >= 11 is 2.04. The molecule has 16 heavy (non-hydrogen) atoms. The van der Waals surface area contributed by atoms with Crippen molar-refractivity contribution in [3.8, 4) is 0 Å². The van der Waals surface area contributed by atoms with Crippen LogP contribution in [0.1, 0.15) is 46.5 Å². The van der Waals surface area contributed by atoms with E-state index in [4.69, 9.17) is 0 Å². The molecule has 0 heterocycles. The lowest BCUT2D eigenvalue weighted by atomic mass is 9.92. The van der Waals surface area contributed by atoms with Crippen molar-refractivity contribution < 1.29 is 5.11 Å². The Kier molecular flexibility index (Phi) is 9.47. The predicted molar refractivity (Wildman–Crippen MR) is 75.2 cm³/mol. The Balaban J connectivity index is 3.55. The van der Waals surface area contributed by atoms with Gasteiger partial charge in [-0.05, 0) is 50.2 Å². The van der Waals surface area contributed by atoms with Crippen molar-refractivity contribution in [1.29, 1.82) is 0 Å². The first kappa shape index (κ1) is 16.3. The fourth-order valence-electron chi connectivity index (χ4n) is 1.68. The second kappa shape index (κ2) is 9.32. The molecule has 2 N–H and O–H groups in total. The summed E-state index contributed by atoms with van der Waals surface area (Å²) in [7, 11) is 1.95. The molecule has 2 nitrogen and oxygen atoms in total. The van der Waals surface area contributed by atoms with Gasteiger partial charge in [0.05, 0.1) is 6.61 Å². The molecule has 0 amide bonds. The number of rotatable bonds is 10. The molecule has 0 aliphatic heterocycles. The van der Waals surface area contributed by atoms with Gasteiger partial charge in [0.1, 0.15) is 0 Å². The van der Waals surface area contributed by atoms with Crippen molar-refractivity contribution >= 4 is 11.8 Å². The van der Waals surface area contributed by atoms with Crippen molar-refractivity contribution in [3.05, 3.63) is 0 Å². The molecule has 0 saturated heterocycles. The summed E-state index contributed by atoms with van der Waals surface area (Å²) in [6.07, 6.45) is 4.58. The molecule has 1 unspecified atom stereocenters. The monoisotopic (exact) mass is 247 g/mol. The van der Waals surface area contributed by atoms with Crippen LogP contribution in [0.3, 0.4) is 0 Å². The van der Waals surface area contributed by atoms with E-state index >= 15 is 0 Å². The number of likely N-dealkylation sites (N-methyl/N-ethyl adjacent to an activating group) is 1. The lowest BCUT2D eigenvalue weighted by Crippen LogP contribution is -2.45. The predicted octanol–water partition coefficient (Wildman–Crippen LogP) is 2.91. The standard InChI is InChI=1S/C13H29NOS/c1-5-13(11-15,14-4)8-6-9-16-10-7-12(2)3/h12,14-15H,5-11H2,1-4H3. The first-order valence-electron chi connectivity index (χ1n) is 6.47. The molecule has 0 bridgehead atoms. The van der Waals surface area contributed by atoms with Crippen LogP contribution in [-0.2, 0) is 0 Å². The highest BCUT2D eigenvalue weighted by Gasteiger charge is 2.23. The molecule has 1 atom stereocenters. The first-order chi connectivity index (χ1) is 7.60. The molecule has 0 fully saturated rings. The minimum absolute atomic E-state index is 0.0430. The molecule has 0 aromatic carbocycles. The van der Waals surface area contributed by atoms with Gasteiger partial charge in [0, 0.05) is 5.54 Å². The second-order valence-electron chi connectivity index (χ2n) is 4.94. The van der Waals surface area contributed by atoms with Gasteiger partial charge in [-0.25, -0.2) is 0 Å². The number of thioether (sulfide) groups is 1. The Morgan fingerprint density at radius 1 is 1.31 bits per heavy atom. The summed E-state index contributed by atoms with van der Waals surface area (Å²) in [6.45, 7) is 6.93. The van der Waals surface area contributed by atoms with E-state index in [9.17, 15) is 5.11 Å². The maximum Gasteiger partial charge on any atom is 0.0613 e. The Morgan fingerprint density at radius 2 is 2.00 bits per heavy atom. The molecule has 0 aromatic rings. The van der Waals surface area contributed by atoms with Crippen molar-refractivity contribution in [1.82, 2.24) is 5.32 Å². The third kappa shape index (κ3) is 6.77. The minimum atomic E-state index is -0.0430. The first-order valence-corrected chi connectivity index (χ1v) is 7.63. The van der Waals surface area contributed by atoms with E-state index in [0.29, 0.717) is 0 Å². The van der Waals surface area contributed by atoms with Crippen molar-refractivity contribution in [2.75, 3.05) is 25.2 Å². The van der Waals surface area contributed by atoms with Gasteiger partial charge in [-0.1, -0.05) is 20.8 Å². The minimum Gasteiger partial charge on any atom is -0.394 e. The molecule has 0 saturated carbocycles. The van der Waals surface area contributed by atoms with Gasteiger partial charge in [-0.15, -0.1) is 0 Å². The largest absolute Gasteiger partial charge is 0.394 e. The normalized spacial score (nSPS) is 15.4. The van der Waals surface area contributed by atoms with Crippen molar-refractivity contribution in [3.63, 3.8) is 0 Å². The second-order valence-corrected chi connectivity index (χ2v) is 6.17. The van der Waals surface area contributed by atoms with Gasteiger partial charge >= 0.3 is 0 Å². The molecular formula is C13H29NOS. The van der Waals surface area contributed by atoms with Gasteiger partial charge in [0.25, 0.3) is 0 Å². The summed E-state index contributed by atoms with van der Waals surface area (Å²) in [5.41, 5.74) is -0.0430. The summed E-state index contributed by atoms with van der Waals surface area (Å²) in [5, 5.41) is 12.6. The average molecular weight is 247 g/mol. The van der Waals surface area contributed by atoms with Gasteiger partial charge < -0.3 is 10.4 Å². The van der Waals surface area contributed by atoms with E-state index in [2.05, 4.69) is 26.1 Å². The molecule has 0 aliphatic rings. The van der Waals surface area contributed by atoms with Gasteiger partial charge in [0.15, 0.2) is 0 Å². The van der Waals surface area contributed by atoms with E-state index in [1.807, 2.05) is 18.8 Å². The van der Waals surface area contributed by atoms with Crippen LogP contribution in [0.25, 0.3) is 0 Å². The Labute approximate surface area is 106 Å². The Bertz CT molecular complexity index is 150. The topological polar surface area (TPSA) is 32.3 Å². The molecule has 0 aromatic heterocycles. The zero-order valence-corrected chi connectivity index (χ0v) is 12.2. The highest BCUT2D eigenvalue weighted by molar-refractivity contribution is 7.99. The van der Waals surface area contributed by atoms with Crippen LogP contribution in [0.15, 0.2) is 0 Å². The fourth-order valence-corrected chi connectivity index (χ4v) is 2.87. The third-order valence-electron chi connectivity index (χ3n) is 3.29. The van der Waals surface area contributed by atoms with Crippen LogP contribution in [0.4, 0.5) is 0 Å². The Morgan fingerprint density at radius 3 is 2.44 bits per heavy atom. The van der Waals surface area contributed by atoms with Crippen molar-refractivity contribution in [2.24, 2.45) is 5.92 Å². The fraction of sp³-hybridized carbons (Fsp3) is 1.00. The summed E-state index contributed by atoms with van der Waals surface area (Å²) in [6, 6.07) is 0. The smallest absolute Gasteiger partial charge is 0.0613 e. The van der Waals surface area contributed by atoms with Crippen molar-refractivity contribution in [2.45, 2.75) is 52.0 Å². The number of hydrogen-bond donors (Lipinski definition) is 2. The molecule has 98 valence electrons. The van der Waals surface area contributed by atoms with E-state index in [1.54, 1.807) is 0 Å². The molecule has 0 rings (SSSR count). The number of aliphatic hydroxyl groups excluding tert-OH is 1. The maximum atomic E-state index is 9.38.